The average Bonchev–Trinajstić information content (AvgIpc) is 3.92. The van der Waals surface area contributed by atoms with Crippen molar-refractivity contribution in [2.75, 3.05) is 0 Å². The van der Waals surface area contributed by atoms with Crippen LogP contribution in [0.5, 0.6) is 0 Å². The lowest BCUT2D eigenvalue weighted by Crippen LogP contribution is -2.00. The van der Waals surface area contributed by atoms with Gasteiger partial charge in [-0.25, -0.2) is 19.9 Å². The van der Waals surface area contributed by atoms with E-state index in [-0.39, 0.29) is 0 Å². The lowest BCUT2D eigenvalue weighted by Gasteiger charge is -2.12. The minimum atomic E-state index is 0.627. The molecule has 0 unspecified atom stereocenters. The van der Waals surface area contributed by atoms with Gasteiger partial charge < -0.3 is 4.57 Å². The summed E-state index contributed by atoms with van der Waals surface area (Å²) in [6, 6.07) is 74.9. The summed E-state index contributed by atoms with van der Waals surface area (Å²) in [6.07, 6.45) is 0. The molecule has 0 aliphatic rings. The highest BCUT2D eigenvalue weighted by atomic mass is 32.1. The topological polar surface area (TPSA) is 56.5 Å². The third kappa shape index (κ3) is 5.92. The zero-order valence-corrected chi connectivity index (χ0v) is 35.2. The highest BCUT2D eigenvalue weighted by Gasteiger charge is 2.19. The normalized spacial score (nSPS) is 11.8. The molecule has 5 nitrogen and oxygen atoms in total. The molecule has 0 aliphatic carbocycles. The summed E-state index contributed by atoms with van der Waals surface area (Å²) in [5, 5.41) is 8.44. The highest BCUT2D eigenvalue weighted by Crippen LogP contribution is 2.44. The summed E-state index contributed by atoms with van der Waals surface area (Å²) in [4.78, 5) is 20.6. The first kappa shape index (κ1) is 36.3. The number of nitrogens with zero attached hydrogens (tertiary/aromatic N) is 5. The van der Waals surface area contributed by atoms with E-state index in [4.69, 9.17) is 19.9 Å². The Morgan fingerprint density at radius 2 is 0.859 bits per heavy atom. The van der Waals surface area contributed by atoms with Crippen molar-refractivity contribution in [3.63, 3.8) is 0 Å². The Kier molecular flexibility index (Phi) is 8.32. The summed E-state index contributed by atoms with van der Waals surface area (Å²) in [5.41, 5.74) is 11.6. The molecule has 0 N–H and O–H groups in total. The van der Waals surface area contributed by atoms with Crippen LogP contribution < -0.4 is 0 Å². The van der Waals surface area contributed by atoms with E-state index in [9.17, 15) is 0 Å². The minimum Gasteiger partial charge on any atom is -0.309 e. The van der Waals surface area contributed by atoms with Gasteiger partial charge in [0, 0.05) is 75.0 Å². The van der Waals surface area contributed by atoms with Crippen LogP contribution >= 0.6 is 11.3 Å². The smallest absolute Gasteiger partial charge is 0.164 e. The number of benzene rings is 9. The molecule has 4 heterocycles. The van der Waals surface area contributed by atoms with Crippen LogP contribution in [-0.2, 0) is 0 Å². The first-order chi connectivity index (χ1) is 31.7. The van der Waals surface area contributed by atoms with E-state index in [0.717, 1.165) is 72.1 Å². The zero-order valence-electron chi connectivity index (χ0n) is 34.4. The summed E-state index contributed by atoms with van der Waals surface area (Å²) in [6.45, 7) is 0. The van der Waals surface area contributed by atoms with Crippen molar-refractivity contribution in [3.8, 4) is 62.2 Å². The molecule has 298 valence electrons. The Labute approximate surface area is 372 Å². The fourth-order valence-corrected chi connectivity index (χ4v) is 10.5. The molecule has 0 atom stereocenters. The third-order valence-electron chi connectivity index (χ3n) is 12.4. The van der Waals surface area contributed by atoms with Crippen LogP contribution in [0.1, 0.15) is 0 Å². The second kappa shape index (κ2) is 14.7. The maximum absolute atomic E-state index is 5.21. The highest BCUT2D eigenvalue weighted by molar-refractivity contribution is 7.26. The lowest BCUT2D eigenvalue weighted by molar-refractivity contribution is 1.07. The second-order valence-corrected chi connectivity index (χ2v) is 17.3. The van der Waals surface area contributed by atoms with Crippen LogP contribution in [-0.4, -0.2) is 24.5 Å². The van der Waals surface area contributed by atoms with Crippen molar-refractivity contribution in [2.24, 2.45) is 0 Å². The van der Waals surface area contributed by atoms with Gasteiger partial charge in [-0.1, -0.05) is 152 Å². The Hall–Kier alpha value is -8.32. The van der Waals surface area contributed by atoms with Gasteiger partial charge in [0.25, 0.3) is 0 Å². The number of para-hydroxylation sites is 3. The fraction of sp³-hybridized carbons (Fsp3) is 0. The SMILES string of the molecule is c1ccc(-c2nc(-c3ccc(-c4ccc5sc6ccc7c(-c8ccccc8)nc8ccccc8c7c6c5c4)cc3)nc(-c3ccc4c(c3)c3ccccc3n4-c3ccccc3)n2)cc1. The molecule has 0 amide bonds. The Balaban J connectivity index is 0.929. The van der Waals surface area contributed by atoms with Gasteiger partial charge >= 0.3 is 0 Å². The molecule has 13 rings (SSSR count). The number of aromatic nitrogens is 5. The van der Waals surface area contributed by atoms with Crippen molar-refractivity contribution in [2.45, 2.75) is 0 Å². The van der Waals surface area contributed by atoms with Crippen LogP contribution in [0.3, 0.4) is 0 Å². The van der Waals surface area contributed by atoms with Gasteiger partial charge in [-0.05, 0) is 71.8 Å². The lowest BCUT2D eigenvalue weighted by atomic mass is 9.95. The molecule has 0 radical (unpaired) electrons. The van der Waals surface area contributed by atoms with E-state index in [1.54, 1.807) is 0 Å². The second-order valence-electron chi connectivity index (χ2n) is 16.2. The van der Waals surface area contributed by atoms with Gasteiger partial charge in [0.1, 0.15) is 0 Å². The fourth-order valence-electron chi connectivity index (χ4n) is 9.43. The summed E-state index contributed by atoms with van der Waals surface area (Å²) in [5.74, 6) is 1.89. The van der Waals surface area contributed by atoms with E-state index < -0.39 is 0 Å². The molecular weight excluding hydrogens is 799 g/mol. The van der Waals surface area contributed by atoms with Gasteiger partial charge in [0.2, 0.25) is 0 Å². The Bertz CT molecular complexity index is 3930. The molecule has 13 aromatic rings. The number of hydrogen-bond donors (Lipinski definition) is 0. The molecule has 64 heavy (non-hydrogen) atoms. The number of rotatable bonds is 6. The summed E-state index contributed by atoms with van der Waals surface area (Å²) in [7, 11) is 0. The van der Waals surface area contributed by atoms with E-state index in [0.29, 0.717) is 17.5 Å². The van der Waals surface area contributed by atoms with Crippen LogP contribution in [0, 0.1) is 0 Å². The zero-order chi connectivity index (χ0) is 42.1. The number of hydrogen-bond acceptors (Lipinski definition) is 5. The molecule has 6 heteroatoms. The summed E-state index contributed by atoms with van der Waals surface area (Å²) >= 11 is 1.85. The molecular formula is C58H35N5S. The van der Waals surface area contributed by atoms with Gasteiger partial charge in [0.05, 0.1) is 22.2 Å². The van der Waals surface area contributed by atoms with Crippen molar-refractivity contribution < 1.29 is 0 Å². The third-order valence-corrected chi connectivity index (χ3v) is 13.6. The van der Waals surface area contributed by atoms with E-state index in [1.165, 1.54) is 36.3 Å². The van der Waals surface area contributed by atoms with Gasteiger partial charge in [0.15, 0.2) is 17.5 Å². The van der Waals surface area contributed by atoms with Gasteiger partial charge in [-0.2, -0.15) is 0 Å². The first-order valence-electron chi connectivity index (χ1n) is 21.5. The Morgan fingerprint density at radius 3 is 1.62 bits per heavy atom. The van der Waals surface area contributed by atoms with E-state index in [1.807, 2.05) is 29.5 Å². The molecule has 0 fully saturated rings. The van der Waals surface area contributed by atoms with Crippen LogP contribution in [0.2, 0.25) is 0 Å². The monoisotopic (exact) mass is 833 g/mol. The van der Waals surface area contributed by atoms with Crippen LogP contribution in [0.15, 0.2) is 212 Å². The summed E-state index contributed by atoms with van der Waals surface area (Å²) < 4.78 is 4.86. The maximum Gasteiger partial charge on any atom is 0.164 e. The van der Waals surface area contributed by atoms with Crippen molar-refractivity contribution >= 4 is 75.0 Å². The van der Waals surface area contributed by atoms with Crippen molar-refractivity contribution in [1.29, 1.82) is 0 Å². The Morgan fingerprint density at radius 1 is 0.312 bits per heavy atom. The molecule has 9 aromatic carbocycles. The number of thiophene rings is 1. The van der Waals surface area contributed by atoms with E-state index >= 15 is 0 Å². The molecule has 0 saturated heterocycles. The first-order valence-corrected chi connectivity index (χ1v) is 22.3. The standard InChI is InChI=1S/C58H35N5S/c1-4-14-37(15-5-1)55-45-30-33-52-54(53(45)44-21-10-12-22-48(44)59-55)47-34-40(29-32-51(47)64-52)36-24-26-39(27-25-36)57-60-56(38-16-6-2-7-17-38)61-58(62-57)41-28-31-50-46(35-41)43-20-11-13-23-49(43)63(50)42-18-8-3-9-19-42/h1-35H. The molecule has 0 bridgehead atoms. The van der Waals surface area contributed by atoms with Crippen LogP contribution in [0.25, 0.3) is 126 Å². The number of fused-ring (bicyclic) bond motifs is 10. The molecule has 0 spiro atoms. The minimum absolute atomic E-state index is 0.627. The quantitative estimate of drug-likeness (QED) is 0.157. The van der Waals surface area contributed by atoms with Crippen molar-refractivity contribution in [1.82, 2.24) is 24.5 Å². The molecule has 4 aromatic heterocycles. The predicted molar refractivity (Wildman–Crippen MR) is 267 cm³/mol. The molecule has 0 aliphatic heterocycles. The largest absolute Gasteiger partial charge is 0.309 e. The van der Waals surface area contributed by atoms with E-state index in [2.05, 4.69) is 199 Å². The van der Waals surface area contributed by atoms with Crippen molar-refractivity contribution in [3.05, 3.63) is 212 Å². The average molecular weight is 834 g/mol. The predicted octanol–water partition coefficient (Wildman–Crippen LogP) is 15.4. The number of pyridine rings is 1. The van der Waals surface area contributed by atoms with Gasteiger partial charge in [-0.3, -0.25) is 0 Å². The maximum atomic E-state index is 5.21. The molecule has 0 saturated carbocycles. The van der Waals surface area contributed by atoms with Gasteiger partial charge in [-0.15, -0.1) is 11.3 Å². The van der Waals surface area contributed by atoms with Crippen LogP contribution in [0.4, 0.5) is 0 Å².